The molecule has 0 bridgehead atoms. The number of aromatic nitrogens is 3. The molecular formula is C15H20N4O2. The van der Waals surface area contributed by atoms with E-state index in [0.717, 1.165) is 53.7 Å². The quantitative estimate of drug-likeness (QED) is 0.857. The predicted molar refractivity (Wildman–Crippen MR) is 79.9 cm³/mol. The summed E-state index contributed by atoms with van der Waals surface area (Å²) in [6.45, 7) is 9.98. The highest BCUT2D eigenvalue weighted by Crippen LogP contribution is 2.20. The van der Waals surface area contributed by atoms with Gasteiger partial charge in [-0.1, -0.05) is 5.16 Å². The number of nitrogens with zero attached hydrogens (tertiary/aromatic N) is 4. The van der Waals surface area contributed by atoms with Crippen molar-refractivity contribution in [3.63, 3.8) is 0 Å². The average molecular weight is 288 g/mol. The zero-order valence-corrected chi connectivity index (χ0v) is 12.9. The normalized spacial score (nSPS) is 13.8. The number of hydrogen-bond donors (Lipinski definition) is 0. The molecule has 0 saturated carbocycles. The highest BCUT2D eigenvalue weighted by Gasteiger charge is 2.23. The maximum Gasteiger partial charge on any atom is 0.258 e. The number of rotatable bonds is 3. The topological polar surface area (TPSA) is 64.2 Å². The minimum absolute atomic E-state index is 0.0809. The molecule has 112 valence electrons. The fourth-order valence-corrected chi connectivity index (χ4v) is 2.82. The zero-order valence-electron chi connectivity index (χ0n) is 12.9. The summed E-state index contributed by atoms with van der Waals surface area (Å²) >= 11 is 0. The molecule has 0 unspecified atom stereocenters. The van der Waals surface area contributed by atoms with E-state index in [9.17, 15) is 4.79 Å². The van der Waals surface area contributed by atoms with E-state index in [0.29, 0.717) is 6.54 Å². The van der Waals surface area contributed by atoms with Gasteiger partial charge in [-0.2, -0.15) is 0 Å². The summed E-state index contributed by atoms with van der Waals surface area (Å²) < 4.78 is 6.97. The van der Waals surface area contributed by atoms with E-state index in [1.54, 1.807) is 4.57 Å². The summed E-state index contributed by atoms with van der Waals surface area (Å²) in [5.41, 5.74) is 3.73. The van der Waals surface area contributed by atoms with Crippen molar-refractivity contribution in [1.82, 2.24) is 14.7 Å². The molecule has 0 saturated heterocycles. The van der Waals surface area contributed by atoms with Gasteiger partial charge in [0.2, 0.25) is 5.95 Å². The van der Waals surface area contributed by atoms with Gasteiger partial charge in [-0.25, -0.2) is 4.98 Å². The van der Waals surface area contributed by atoms with Crippen LogP contribution in [0.15, 0.2) is 9.32 Å². The van der Waals surface area contributed by atoms with Gasteiger partial charge >= 0.3 is 0 Å². The summed E-state index contributed by atoms with van der Waals surface area (Å²) in [6, 6.07) is 0. The molecule has 0 spiro atoms. The largest absolute Gasteiger partial charge is 0.361 e. The van der Waals surface area contributed by atoms with Crippen LogP contribution in [-0.4, -0.2) is 27.8 Å². The molecule has 0 aromatic carbocycles. The molecule has 6 nitrogen and oxygen atoms in total. The summed E-state index contributed by atoms with van der Waals surface area (Å²) in [5, 5.41) is 3.98. The highest BCUT2D eigenvalue weighted by molar-refractivity contribution is 5.38. The van der Waals surface area contributed by atoms with Crippen molar-refractivity contribution in [2.24, 2.45) is 0 Å². The molecule has 6 heteroatoms. The van der Waals surface area contributed by atoms with Gasteiger partial charge in [-0.3, -0.25) is 9.36 Å². The molecular weight excluding hydrogens is 268 g/mol. The molecule has 0 atom stereocenters. The van der Waals surface area contributed by atoms with Gasteiger partial charge in [0, 0.05) is 36.5 Å². The molecule has 0 N–H and O–H groups in total. The van der Waals surface area contributed by atoms with Gasteiger partial charge in [0.15, 0.2) is 0 Å². The number of anilines is 1. The van der Waals surface area contributed by atoms with Crippen LogP contribution >= 0.6 is 0 Å². The first-order chi connectivity index (χ1) is 9.99. The Hall–Kier alpha value is -2.11. The molecule has 2 aromatic rings. The van der Waals surface area contributed by atoms with Gasteiger partial charge < -0.3 is 9.42 Å². The molecule has 21 heavy (non-hydrogen) atoms. The van der Waals surface area contributed by atoms with Crippen LogP contribution in [0.1, 0.15) is 28.3 Å². The van der Waals surface area contributed by atoms with E-state index in [1.165, 1.54) is 0 Å². The summed E-state index contributed by atoms with van der Waals surface area (Å²) in [7, 11) is 0. The third kappa shape index (κ3) is 2.24. The van der Waals surface area contributed by atoms with Gasteiger partial charge in [0.05, 0.1) is 5.69 Å². The first-order valence-electron chi connectivity index (χ1n) is 7.23. The second-order valence-electron chi connectivity index (χ2n) is 5.62. The molecule has 1 aliphatic rings. The van der Waals surface area contributed by atoms with E-state index in [-0.39, 0.29) is 5.56 Å². The molecule has 0 amide bonds. The van der Waals surface area contributed by atoms with Crippen molar-refractivity contribution in [3.8, 4) is 0 Å². The van der Waals surface area contributed by atoms with Gasteiger partial charge in [-0.15, -0.1) is 0 Å². The maximum atomic E-state index is 12.2. The second kappa shape index (κ2) is 5.02. The first kappa shape index (κ1) is 13.9. The Kier molecular flexibility index (Phi) is 3.31. The smallest absolute Gasteiger partial charge is 0.258 e. The lowest BCUT2D eigenvalue weighted by molar-refractivity contribution is 0.392. The van der Waals surface area contributed by atoms with Crippen LogP contribution < -0.4 is 10.5 Å². The Morgan fingerprint density at radius 1 is 1.14 bits per heavy atom. The lowest BCUT2D eigenvalue weighted by Gasteiger charge is -2.17. The number of fused-ring (bicyclic) bond motifs is 1. The van der Waals surface area contributed by atoms with Crippen LogP contribution in [0.2, 0.25) is 0 Å². The van der Waals surface area contributed by atoms with Gasteiger partial charge in [0.25, 0.3) is 5.56 Å². The van der Waals surface area contributed by atoms with E-state index in [4.69, 9.17) is 4.52 Å². The molecule has 3 heterocycles. The lowest BCUT2D eigenvalue weighted by atomic mass is 10.1. The van der Waals surface area contributed by atoms with Crippen molar-refractivity contribution < 1.29 is 4.52 Å². The average Bonchev–Trinajstić information content (AvgIpc) is 2.99. The van der Waals surface area contributed by atoms with E-state index in [2.05, 4.69) is 15.0 Å². The Bertz CT molecular complexity index is 725. The third-order valence-corrected chi connectivity index (χ3v) is 4.31. The Morgan fingerprint density at radius 3 is 2.57 bits per heavy atom. The summed E-state index contributed by atoms with van der Waals surface area (Å²) in [4.78, 5) is 19.0. The number of aryl methyl sites for hydroxylation is 3. The first-order valence-corrected chi connectivity index (χ1v) is 7.23. The minimum atomic E-state index is 0.0809. The van der Waals surface area contributed by atoms with Crippen LogP contribution in [0.4, 0.5) is 5.95 Å². The van der Waals surface area contributed by atoms with E-state index < -0.39 is 0 Å². The molecule has 1 aliphatic heterocycles. The van der Waals surface area contributed by atoms with Gasteiger partial charge in [-0.05, 0) is 34.1 Å². The fraction of sp³-hybridized carbons (Fsp3) is 0.533. The zero-order chi connectivity index (χ0) is 15.1. The fourth-order valence-electron chi connectivity index (χ4n) is 2.82. The Labute approximate surface area is 123 Å². The van der Waals surface area contributed by atoms with Crippen molar-refractivity contribution in [2.75, 3.05) is 18.0 Å². The molecule has 3 rings (SSSR count). The lowest BCUT2D eigenvalue weighted by Crippen LogP contribution is -2.27. The monoisotopic (exact) mass is 288 g/mol. The van der Waals surface area contributed by atoms with E-state index in [1.807, 2.05) is 27.7 Å². The van der Waals surface area contributed by atoms with E-state index >= 15 is 0 Å². The summed E-state index contributed by atoms with van der Waals surface area (Å²) in [6.07, 6.45) is 0.851. The standard InChI is InChI=1S/C15H20N4O2/c1-9-10(2)16-15-18(7-8-19(15)14(9)20)6-5-13-11(3)17-21-12(13)4/h5-8H2,1-4H3. The van der Waals surface area contributed by atoms with Crippen LogP contribution in [-0.2, 0) is 13.0 Å². The predicted octanol–water partition coefficient (Wildman–Crippen LogP) is 1.53. The number of hydrogen-bond acceptors (Lipinski definition) is 5. The van der Waals surface area contributed by atoms with Crippen molar-refractivity contribution in [3.05, 3.63) is 38.6 Å². The Morgan fingerprint density at radius 2 is 1.90 bits per heavy atom. The Balaban J connectivity index is 1.84. The summed E-state index contributed by atoms with van der Waals surface area (Å²) in [5.74, 6) is 1.66. The SMILES string of the molecule is Cc1noc(C)c1CCN1CCn2c1nc(C)c(C)c2=O. The molecule has 0 aliphatic carbocycles. The molecule has 2 aromatic heterocycles. The van der Waals surface area contributed by atoms with Crippen LogP contribution in [0.25, 0.3) is 0 Å². The van der Waals surface area contributed by atoms with Crippen LogP contribution in [0.5, 0.6) is 0 Å². The molecule has 0 radical (unpaired) electrons. The van der Waals surface area contributed by atoms with Crippen LogP contribution in [0, 0.1) is 27.7 Å². The van der Waals surface area contributed by atoms with Crippen molar-refractivity contribution in [2.45, 2.75) is 40.7 Å². The third-order valence-electron chi connectivity index (χ3n) is 4.31. The van der Waals surface area contributed by atoms with Crippen molar-refractivity contribution >= 4 is 5.95 Å². The minimum Gasteiger partial charge on any atom is -0.361 e. The maximum absolute atomic E-state index is 12.2. The van der Waals surface area contributed by atoms with Gasteiger partial charge in [0.1, 0.15) is 5.76 Å². The second-order valence-corrected chi connectivity index (χ2v) is 5.62. The molecule has 0 fully saturated rings. The highest BCUT2D eigenvalue weighted by atomic mass is 16.5. The van der Waals surface area contributed by atoms with Crippen LogP contribution in [0.3, 0.4) is 0 Å². The van der Waals surface area contributed by atoms with Crippen molar-refractivity contribution in [1.29, 1.82) is 0 Å².